The standard InChI is InChI=1S/C23H23ClN4O2/c1-14-9-10-15(2)20(11-14)26-22(29)23(30)27-25-13-18-12-16(3)28(17(18)4)21-8-6-5-7-19(21)24/h5-13H,1-4H3,(H,26,29)(H,27,30)/b25-13-. The molecule has 30 heavy (non-hydrogen) atoms. The van der Waals surface area contributed by atoms with Gasteiger partial charge in [-0.2, -0.15) is 5.10 Å². The number of para-hydroxylation sites is 1. The van der Waals surface area contributed by atoms with Crippen molar-refractivity contribution >= 4 is 35.3 Å². The summed E-state index contributed by atoms with van der Waals surface area (Å²) < 4.78 is 2.01. The highest BCUT2D eigenvalue weighted by Crippen LogP contribution is 2.25. The number of amides is 2. The number of nitrogens with zero attached hydrogens (tertiary/aromatic N) is 2. The largest absolute Gasteiger partial charge is 0.329 e. The van der Waals surface area contributed by atoms with Crippen LogP contribution in [0.15, 0.2) is 53.6 Å². The molecular formula is C23H23ClN4O2. The Labute approximate surface area is 180 Å². The third-order valence-corrected chi connectivity index (χ3v) is 5.10. The number of rotatable bonds is 4. The number of hydrazone groups is 1. The Kier molecular flexibility index (Phi) is 6.37. The molecule has 1 heterocycles. The number of halogens is 1. The Morgan fingerprint density at radius 3 is 2.47 bits per heavy atom. The van der Waals surface area contributed by atoms with E-state index < -0.39 is 11.8 Å². The molecule has 154 valence electrons. The van der Waals surface area contributed by atoms with E-state index in [1.54, 1.807) is 0 Å². The van der Waals surface area contributed by atoms with Gasteiger partial charge in [-0.05, 0) is 63.1 Å². The molecule has 0 aliphatic carbocycles. The van der Waals surface area contributed by atoms with E-state index in [4.69, 9.17) is 11.6 Å². The van der Waals surface area contributed by atoms with Gasteiger partial charge in [0.2, 0.25) is 0 Å². The van der Waals surface area contributed by atoms with Gasteiger partial charge in [-0.1, -0.05) is 35.9 Å². The molecule has 0 radical (unpaired) electrons. The van der Waals surface area contributed by atoms with E-state index in [-0.39, 0.29) is 0 Å². The zero-order chi connectivity index (χ0) is 21.8. The van der Waals surface area contributed by atoms with Crippen LogP contribution in [0.4, 0.5) is 5.69 Å². The number of aryl methyl sites for hydroxylation is 3. The number of nitrogens with one attached hydrogen (secondary N) is 2. The minimum absolute atomic E-state index is 0.599. The van der Waals surface area contributed by atoms with Gasteiger partial charge in [-0.3, -0.25) is 9.59 Å². The van der Waals surface area contributed by atoms with Crippen molar-refractivity contribution in [1.82, 2.24) is 9.99 Å². The fourth-order valence-electron chi connectivity index (χ4n) is 3.18. The maximum atomic E-state index is 12.2. The Bertz CT molecular complexity index is 1150. The van der Waals surface area contributed by atoms with Gasteiger partial charge in [-0.25, -0.2) is 5.43 Å². The quantitative estimate of drug-likeness (QED) is 0.370. The predicted octanol–water partition coefficient (Wildman–Crippen LogP) is 4.45. The first kappa shape index (κ1) is 21.3. The summed E-state index contributed by atoms with van der Waals surface area (Å²) in [5.74, 6) is -1.62. The third-order valence-electron chi connectivity index (χ3n) is 4.78. The van der Waals surface area contributed by atoms with Crippen LogP contribution < -0.4 is 10.7 Å². The van der Waals surface area contributed by atoms with Crippen molar-refractivity contribution in [2.75, 3.05) is 5.32 Å². The summed E-state index contributed by atoms with van der Waals surface area (Å²) in [6.07, 6.45) is 1.51. The number of hydrogen-bond acceptors (Lipinski definition) is 3. The van der Waals surface area contributed by atoms with Gasteiger partial charge in [-0.15, -0.1) is 0 Å². The van der Waals surface area contributed by atoms with Crippen molar-refractivity contribution in [1.29, 1.82) is 0 Å². The molecule has 0 aliphatic heterocycles. The first-order chi connectivity index (χ1) is 14.3. The van der Waals surface area contributed by atoms with Crippen LogP contribution in [0.2, 0.25) is 5.02 Å². The summed E-state index contributed by atoms with van der Waals surface area (Å²) in [6, 6.07) is 15.1. The fraction of sp³-hybridized carbons (Fsp3) is 0.174. The summed E-state index contributed by atoms with van der Waals surface area (Å²) in [5.41, 5.74) is 8.30. The average Bonchev–Trinajstić information content (AvgIpc) is 2.98. The van der Waals surface area contributed by atoms with Gasteiger partial charge in [0, 0.05) is 22.6 Å². The molecule has 2 N–H and O–H groups in total. The second-order valence-corrected chi connectivity index (χ2v) is 7.49. The molecule has 3 rings (SSSR count). The lowest BCUT2D eigenvalue weighted by Gasteiger charge is -2.11. The minimum Gasteiger partial charge on any atom is -0.317 e. The van der Waals surface area contributed by atoms with Gasteiger partial charge in [0.05, 0.1) is 16.9 Å². The van der Waals surface area contributed by atoms with Crippen molar-refractivity contribution in [3.05, 3.63) is 81.6 Å². The Morgan fingerprint density at radius 1 is 1.00 bits per heavy atom. The van der Waals surface area contributed by atoms with Crippen molar-refractivity contribution in [3.63, 3.8) is 0 Å². The number of carbonyl (C=O) groups is 2. The zero-order valence-corrected chi connectivity index (χ0v) is 18.0. The summed E-state index contributed by atoms with van der Waals surface area (Å²) in [6.45, 7) is 7.68. The maximum absolute atomic E-state index is 12.2. The number of benzene rings is 2. The predicted molar refractivity (Wildman–Crippen MR) is 121 cm³/mol. The number of aromatic nitrogens is 1. The molecule has 2 amide bonds. The SMILES string of the molecule is Cc1ccc(C)c(NC(=O)C(=O)N/N=C\c2cc(C)n(-c3ccccc3Cl)c2C)c1. The van der Waals surface area contributed by atoms with Gasteiger partial charge in [0.25, 0.3) is 0 Å². The first-order valence-electron chi connectivity index (χ1n) is 9.43. The molecule has 0 spiro atoms. The van der Waals surface area contributed by atoms with Crippen molar-refractivity contribution in [2.24, 2.45) is 5.10 Å². The van der Waals surface area contributed by atoms with Crippen molar-refractivity contribution < 1.29 is 9.59 Å². The monoisotopic (exact) mass is 422 g/mol. The highest BCUT2D eigenvalue weighted by atomic mass is 35.5. The normalized spacial score (nSPS) is 11.0. The molecule has 1 aromatic heterocycles. The summed E-state index contributed by atoms with van der Waals surface area (Å²) in [5, 5.41) is 7.19. The van der Waals surface area contributed by atoms with E-state index in [2.05, 4.69) is 15.8 Å². The first-order valence-corrected chi connectivity index (χ1v) is 9.81. The number of carbonyl (C=O) groups excluding carboxylic acids is 2. The molecule has 0 fully saturated rings. The molecule has 0 bridgehead atoms. The minimum atomic E-state index is -0.841. The van der Waals surface area contributed by atoms with Crippen LogP contribution in [-0.4, -0.2) is 22.6 Å². The molecule has 6 nitrogen and oxygen atoms in total. The van der Waals surface area contributed by atoms with E-state index in [0.717, 1.165) is 33.8 Å². The van der Waals surface area contributed by atoms with Crippen LogP contribution in [0.1, 0.15) is 28.1 Å². The van der Waals surface area contributed by atoms with E-state index in [9.17, 15) is 9.59 Å². The highest BCUT2D eigenvalue weighted by molar-refractivity contribution is 6.39. The Hall–Kier alpha value is -3.38. The molecule has 2 aromatic carbocycles. The third kappa shape index (κ3) is 4.60. The lowest BCUT2D eigenvalue weighted by Crippen LogP contribution is -2.32. The molecule has 3 aromatic rings. The van der Waals surface area contributed by atoms with Crippen molar-refractivity contribution in [3.8, 4) is 5.69 Å². The molecule has 0 saturated heterocycles. The van der Waals surface area contributed by atoms with Crippen LogP contribution >= 0.6 is 11.6 Å². The smallest absolute Gasteiger partial charge is 0.317 e. The van der Waals surface area contributed by atoms with Gasteiger partial charge < -0.3 is 9.88 Å². The lowest BCUT2D eigenvalue weighted by atomic mass is 10.1. The molecule has 0 unspecified atom stereocenters. The van der Waals surface area contributed by atoms with Gasteiger partial charge in [0.1, 0.15) is 0 Å². The lowest BCUT2D eigenvalue weighted by molar-refractivity contribution is -0.136. The highest BCUT2D eigenvalue weighted by Gasteiger charge is 2.15. The average molecular weight is 423 g/mol. The van der Waals surface area contributed by atoms with Crippen LogP contribution in [0.5, 0.6) is 0 Å². The molecular weight excluding hydrogens is 400 g/mol. The Morgan fingerprint density at radius 2 is 1.73 bits per heavy atom. The molecule has 0 aliphatic rings. The summed E-state index contributed by atoms with van der Waals surface area (Å²) >= 11 is 6.32. The van der Waals surface area contributed by atoms with E-state index in [1.807, 2.05) is 80.8 Å². The number of hydrogen-bond donors (Lipinski definition) is 2. The van der Waals surface area contributed by atoms with Crippen molar-refractivity contribution in [2.45, 2.75) is 27.7 Å². The second kappa shape index (κ2) is 8.97. The molecule has 7 heteroatoms. The summed E-state index contributed by atoms with van der Waals surface area (Å²) in [4.78, 5) is 24.2. The van der Waals surface area contributed by atoms with E-state index in [0.29, 0.717) is 10.7 Å². The zero-order valence-electron chi connectivity index (χ0n) is 17.3. The van der Waals surface area contributed by atoms with Gasteiger partial charge >= 0.3 is 11.8 Å². The fourth-order valence-corrected chi connectivity index (χ4v) is 3.40. The topological polar surface area (TPSA) is 75.5 Å². The molecule has 0 atom stereocenters. The van der Waals surface area contributed by atoms with Gasteiger partial charge in [0.15, 0.2) is 0 Å². The van der Waals surface area contributed by atoms with Crippen LogP contribution in [0, 0.1) is 27.7 Å². The maximum Gasteiger partial charge on any atom is 0.329 e. The van der Waals surface area contributed by atoms with E-state index >= 15 is 0 Å². The molecule has 0 saturated carbocycles. The van der Waals surface area contributed by atoms with Crippen LogP contribution in [0.25, 0.3) is 5.69 Å². The second-order valence-electron chi connectivity index (χ2n) is 7.08. The number of anilines is 1. The van der Waals surface area contributed by atoms with Crippen LogP contribution in [0.3, 0.4) is 0 Å². The van der Waals surface area contributed by atoms with E-state index in [1.165, 1.54) is 6.21 Å². The van der Waals surface area contributed by atoms with Crippen LogP contribution in [-0.2, 0) is 9.59 Å². The summed E-state index contributed by atoms with van der Waals surface area (Å²) in [7, 11) is 0. The Balaban J connectivity index is 1.70.